The molecular weight excluding hydrogens is 404 g/mol. The topological polar surface area (TPSA) is 0 Å². The molecule has 0 radical (unpaired) electrons. The van der Waals surface area contributed by atoms with Crippen LogP contribution in [0.5, 0.6) is 0 Å². The van der Waals surface area contributed by atoms with Gasteiger partial charge in [-0.15, -0.1) is 0 Å². The third-order valence-electron chi connectivity index (χ3n) is 6.09. The number of rotatable bonds is 1. The molecule has 4 fully saturated rings. The summed E-state index contributed by atoms with van der Waals surface area (Å²) in [4.78, 5) is 0. The van der Waals surface area contributed by atoms with Gasteiger partial charge < -0.3 is 0 Å². The van der Waals surface area contributed by atoms with Crippen molar-refractivity contribution in [1.82, 2.24) is 0 Å². The smallest absolute Gasteiger partial charge is 0.0337 e. The third-order valence-corrected chi connectivity index (χ3v) is 8.64. The Hall–Kier alpha value is 1.26. The maximum Gasteiger partial charge on any atom is 0.0337 e. The van der Waals surface area contributed by atoms with Crippen molar-refractivity contribution < 1.29 is 34.1 Å². The minimum Gasteiger partial charge on any atom is -0.0720 e. The second-order valence-corrected chi connectivity index (χ2v) is 12.0. The van der Waals surface area contributed by atoms with Crippen molar-refractivity contribution in [1.29, 1.82) is 0 Å². The molecule has 0 nitrogen and oxygen atoms in total. The van der Waals surface area contributed by atoms with E-state index in [-0.39, 0.29) is 42.9 Å². The van der Waals surface area contributed by atoms with Crippen LogP contribution in [0.1, 0.15) is 122 Å². The summed E-state index contributed by atoms with van der Waals surface area (Å²) >= 11 is 0. The van der Waals surface area contributed by atoms with Crippen molar-refractivity contribution in [3.05, 3.63) is 0 Å². The first-order chi connectivity index (χ1) is 11.3. The van der Waals surface area contributed by atoms with E-state index in [0.29, 0.717) is 0 Å². The summed E-state index contributed by atoms with van der Waals surface area (Å²) in [5, 5.41) is 0. The van der Waals surface area contributed by atoms with Crippen LogP contribution < -0.4 is 0 Å². The maximum absolute atomic E-state index is 2.48. The van der Waals surface area contributed by atoms with Crippen LogP contribution in [-0.2, 0) is 34.1 Å². The van der Waals surface area contributed by atoms with Gasteiger partial charge in [0.25, 0.3) is 0 Å². The zero-order valence-corrected chi connectivity index (χ0v) is 20.7. The van der Waals surface area contributed by atoms with Crippen LogP contribution in [0, 0.1) is 0 Å². The van der Waals surface area contributed by atoms with Crippen molar-refractivity contribution in [3.8, 4) is 0 Å². The van der Waals surface area contributed by atoms with Gasteiger partial charge in [-0.25, -0.2) is 0 Å². The Morgan fingerprint density at radius 1 is 0.400 bits per heavy atom. The predicted octanol–water partition coefficient (Wildman–Crippen LogP) is 8.26. The molecule has 0 N–H and O–H groups in total. The first kappa shape index (κ1) is 28.5. The second kappa shape index (κ2) is 21.6. The molecule has 0 heterocycles. The quantitative estimate of drug-likeness (QED) is 0.353. The molecule has 3 heteroatoms. The van der Waals surface area contributed by atoms with E-state index in [1.54, 1.807) is 12.8 Å². The van der Waals surface area contributed by atoms with E-state index < -0.39 is 0 Å². The summed E-state index contributed by atoms with van der Waals surface area (Å²) < 4.78 is 0. The number of hydrogen-bond acceptors (Lipinski definition) is 0. The number of hydrogen-bond donors (Lipinski definition) is 0. The van der Waals surface area contributed by atoms with Gasteiger partial charge in [0.05, 0.1) is 0 Å². The fourth-order valence-electron chi connectivity index (χ4n) is 4.28. The van der Waals surface area contributed by atoms with Crippen molar-refractivity contribution in [2.45, 2.75) is 141 Å². The van der Waals surface area contributed by atoms with E-state index in [9.17, 15) is 0 Å². The Balaban J connectivity index is 0. The molecule has 4 aliphatic carbocycles. The molecule has 4 aliphatic rings. The van der Waals surface area contributed by atoms with E-state index in [4.69, 9.17) is 0 Å². The summed E-state index contributed by atoms with van der Waals surface area (Å²) in [7, 11) is -0.223. The second-order valence-electron chi connectivity index (χ2n) is 8.59. The Labute approximate surface area is 183 Å². The molecule has 0 spiro atoms. The zero-order chi connectivity index (χ0) is 16.6. The summed E-state index contributed by atoms with van der Waals surface area (Å²) in [5.74, 6) is 0. The van der Waals surface area contributed by atoms with E-state index >= 15 is 0 Å². The average molecular weight is 450 g/mol. The normalized spacial score (nSPS) is 21.7. The largest absolute Gasteiger partial charge is 0.0720 e. The van der Waals surface area contributed by atoms with Crippen molar-refractivity contribution in [2.24, 2.45) is 0 Å². The molecule has 4 rings (SSSR count). The van der Waals surface area contributed by atoms with E-state index in [0.717, 1.165) is 0 Å². The van der Waals surface area contributed by atoms with E-state index in [1.165, 1.54) is 115 Å². The van der Waals surface area contributed by atoms with Crippen LogP contribution in [-0.4, -0.2) is 8.80 Å². The van der Waals surface area contributed by atoms with Gasteiger partial charge in [0.1, 0.15) is 0 Å². The van der Waals surface area contributed by atoms with Crippen LogP contribution >= 0.6 is 0 Å². The minimum atomic E-state index is -0.223. The molecule has 154 valence electrons. The molecule has 0 amide bonds. The fourth-order valence-corrected chi connectivity index (χ4v) is 6.08. The molecule has 0 unspecified atom stereocenters. The van der Waals surface area contributed by atoms with Crippen molar-refractivity contribution >= 4 is 8.80 Å². The fraction of sp³-hybridized carbons (Fsp3) is 1.00. The summed E-state index contributed by atoms with van der Waals surface area (Å²) in [5.41, 5.74) is 1.20. The van der Waals surface area contributed by atoms with Crippen LogP contribution in [0.25, 0.3) is 0 Å². The van der Waals surface area contributed by atoms with Gasteiger partial charge >= 0.3 is 0 Å². The molecular formula is C22H46Fe2Si. The molecule has 0 aromatic rings. The molecule has 0 aromatic carbocycles. The SMILES string of the molecule is C1CCCC1.C1CCCC1.C1CCCC1.C[SiH](C)C1CCCC1.[Fe].[Fe]. The van der Waals surface area contributed by atoms with Gasteiger partial charge in [0.15, 0.2) is 0 Å². The molecule has 0 bridgehead atoms. The van der Waals surface area contributed by atoms with Crippen molar-refractivity contribution in [2.75, 3.05) is 0 Å². The van der Waals surface area contributed by atoms with Crippen LogP contribution in [0.2, 0.25) is 18.6 Å². The Bertz CT molecular complexity index is 182. The predicted molar refractivity (Wildman–Crippen MR) is 110 cm³/mol. The van der Waals surface area contributed by atoms with Crippen LogP contribution in [0.3, 0.4) is 0 Å². The van der Waals surface area contributed by atoms with Crippen LogP contribution in [0.15, 0.2) is 0 Å². The van der Waals surface area contributed by atoms with Gasteiger partial charge in [-0.3, -0.25) is 0 Å². The van der Waals surface area contributed by atoms with Gasteiger partial charge in [0, 0.05) is 42.9 Å². The third kappa shape index (κ3) is 18.4. The minimum absolute atomic E-state index is 0. The van der Waals surface area contributed by atoms with Gasteiger partial charge in [-0.2, -0.15) is 0 Å². The maximum atomic E-state index is 2.48. The summed E-state index contributed by atoms with van der Waals surface area (Å²) in [6, 6.07) is 0. The summed E-state index contributed by atoms with van der Waals surface area (Å²) in [6.45, 7) is 4.96. The molecule has 0 atom stereocenters. The standard InChI is InChI=1S/C7H16Si.3C5H10.2Fe/c1-8(2)7-5-3-4-6-7;3*1-2-4-5-3-1;;/h7-8H,3-6H2,1-2H3;3*1-5H2;;. The Morgan fingerprint density at radius 2 is 0.600 bits per heavy atom. The molecule has 4 saturated carbocycles. The Morgan fingerprint density at radius 3 is 0.720 bits per heavy atom. The summed E-state index contributed by atoms with van der Waals surface area (Å²) in [6.07, 6.45) is 28.7. The monoisotopic (exact) mass is 450 g/mol. The first-order valence-electron chi connectivity index (χ1n) is 11.3. The van der Waals surface area contributed by atoms with E-state index in [2.05, 4.69) is 13.1 Å². The molecule has 0 aliphatic heterocycles. The molecule has 0 aromatic heterocycles. The zero-order valence-electron chi connectivity index (χ0n) is 17.3. The van der Waals surface area contributed by atoms with E-state index in [1.807, 2.05) is 0 Å². The average Bonchev–Trinajstić information content (AvgIpc) is 3.45. The van der Waals surface area contributed by atoms with Crippen molar-refractivity contribution in [3.63, 3.8) is 0 Å². The molecule has 0 saturated heterocycles. The van der Waals surface area contributed by atoms with Gasteiger partial charge in [0.2, 0.25) is 0 Å². The Kier molecular flexibility index (Phi) is 24.5. The molecule has 25 heavy (non-hydrogen) atoms. The van der Waals surface area contributed by atoms with Gasteiger partial charge in [-0.05, 0) is 5.54 Å². The first-order valence-corrected chi connectivity index (χ1v) is 14.3. The van der Waals surface area contributed by atoms with Gasteiger partial charge in [-0.1, -0.05) is 135 Å². The van der Waals surface area contributed by atoms with Crippen LogP contribution in [0.4, 0.5) is 0 Å².